The van der Waals surface area contributed by atoms with Crippen molar-refractivity contribution in [1.82, 2.24) is 10.2 Å². The van der Waals surface area contributed by atoms with Crippen molar-refractivity contribution in [2.75, 3.05) is 6.54 Å². The fourth-order valence-electron chi connectivity index (χ4n) is 1.85. The molecule has 3 N–H and O–H groups in total. The number of H-pyrrole nitrogens is 1. The molecule has 0 aliphatic carbocycles. The molecule has 5 nitrogen and oxygen atoms in total. The Morgan fingerprint density at radius 1 is 1.44 bits per heavy atom. The SMILES string of the molecule is CC1CC(CN)=NN=C1c1cn[nH]c1C(F)(F)F. The standard InChI is InChI=1S/C10H12F3N5/c1-5-2-6(3-14)16-17-8(5)7-4-15-18-9(7)10(11,12)13/h4-5H,2-3,14H2,1H3,(H,15,18). The van der Waals surface area contributed by atoms with Crippen molar-refractivity contribution in [2.45, 2.75) is 19.5 Å². The zero-order valence-electron chi connectivity index (χ0n) is 9.62. The van der Waals surface area contributed by atoms with E-state index in [1.54, 1.807) is 6.92 Å². The number of nitrogens with one attached hydrogen (secondary N) is 1. The first kappa shape index (κ1) is 12.7. The van der Waals surface area contributed by atoms with Gasteiger partial charge in [0.1, 0.15) is 5.69 Å². The van der Waals surface area contributed by atoms with E-state index < -0.39 is 11.9 Å². The molecule has 0 amide bonds. The van der Waals surface area contributed by atoms with Gasteiger partial charge in [-0.1, -0.05) is 6.92 Å². The van der Waals surface area contributed by atoms with Crippen molar-refractivity contribution in [3.63, 3.8) is 0 Å². The number of nitrogens with zero attached hydrogens (tertiary/aromatic N) is 3. The predicted molar refractivity (Wildman–Crippen MR) is 60.4 cm³/mol. The molecule has 8 heteroatoms. The topological polar surface area (TPSA) is 79.4 Å². The number of halogens is 3. The summed E-state index contributed by atoms with van der Waals surface area (Å²) in [6.07, 6.45) is -2.84. The van der Waals surface area contributed by atoms with Crippen molar-refractivity contribution in [3.8, 4) is 0 Å². The molecule has 0 saturated carbocycles. The van der Waals surface area contributed by atoms with Gasteiger partial charge in [0, 0.05) is 18.0 Å². The van der Waals surface area contributed by atoms with Crippen molar-refractivity contribution in [3.05, 3.63) is 17.5 Å². The summed E-state index contributed by atoms with van der Waals surface area (Å²) in [5.74, 6) is -0.167. The molecular weight excluding hydrogens is 247 g/mol. The van der Waals surface area contributed by atoms with Crippen LogP contribution in [-0.4, -0.2) is 28.2 Å². The van der Waals surface area contributed by atoms with Gasteiger partial charge in [-0.05, 0) is 6.42 Å². The summed E-state index contributed by atoms with van der Waals surface area (Å²) in [6, 6.07) is 0. The summed E-state index contributed by atoms with van der Waals surface area (Å²) in [6.45, 7) is 2.05. The average molecular weight is 259 g/mol. The van der Waals surface area contributed by atoms with Crippen molar-refractivity contribution < 1.29 is 13.2 Å². The molecule has 0 aromatic carbocycles. The highest BCUT2D eigenvalue weighted by atomic mass is 19.4. The first-order valence-corrected chi connectivity index (χ1v) is 5.37. The molecule has 0 fully saturated rings. The third kappa shape index (κ3) is 2.28. The molecule has 98 valence electrons. The maximum atomic E-state index is 12.7. The molecule has 1 atom stereocenters. The normalized spacial score (nSPS) is 20.6. The molecule has 1 aliphatic heterocycles. The van der Waals surface area contributed by atoms with Crippen LogP contribution >= 0.6 is 0 Å². The highest BCUT2D eigenvalue weighted by Crippen LogP contribution is 2.32. The molecule has 0 spiro atoms. The lowest BCUT2D eigenvalue weighted by molar-refractivity contribution is -0.141. The monoisotopic (exact) mass is 259 g/mol. The van der Waals surface area contributed by atoms with E-state index in [0.717, 1.165) is 6.20 Å². The molecular formula is C10H12F3N5. The lowest BCUT2D eigenvalue weighted by Gasteiger charge is -2.18. The second-order valence-corrected chi connectivity index (χ2v) is 4.12. The third-order valence-electron chi connectivity index (χ3n) is 2.74. The second kappa shape index (κ2) is 4.52. The van der Waals surface area contributed by atoms with Crippen molar-refractivity contribution in [2.24, 2.45) is 21.9 Å². The summed E-state index contributed by atoms with van der Waals surface area (Å²) in [5.41, 5.74) is 5.46. The van der Waals surface area contributed by atoms with Crippen LogP contribution in [0.2, 0.25) is 0 Å². The van der Waals surface area contributed by atoms with E-state index in [0.29, 0.717) is 12.1 Å². The maximum Gasteiger partial charge on any atom is 0.433 e. The smallest absolute Gasteiger partial charge is 0.325 e. The van der Waals surface area contributed by atoms with Gasteiger partial charge in [-0.2, -0.15) is 28.5 Å². The zero-order chi connectivity index (χ0) is 13.3. The first-order chi connectivity index (χ1) is 8.43. The molecule has 1 aromatic heterocycles. The molecule has 0 radical (unpaired) electrons. The Bertz CT molecular complexity index is 500. The van der Waals surface area contributed by atoms with E-state index in [4.69, 9.17) is 5.73 Å². The number of rotatable bonds is 2. The third-order valence-corrected chi connectivity index (χ3v) is 2.74. The quantitative estimate of drug-likeness (QED) is 0.845. The van der Waals surface area contributed by atoms with Gasteiger partial charge in [-0.25, -0.2) is 0 Å². The van der Waals surface area contributed by atoms with Gasteiger partial charge in [-0.15, -0.1) is 0 Å². The summed E-state index contributed by atoms with van der Waals surface area (Å²) >= 11 is 0. The van der Waals surface area contributed by atoms with Gasteiger partial charge in [0.15, 0.2) is 0 Å². The number of hydrogen-bond donors (Lipinski definition) is 2. The Labute approximate surface area is 101 Å². The van der Waals surface area contributed by atoms with Crippen LogP contribution in [0.25, 0.3) is 0 Å². The summed E-state index contributed by atoms with van der Waals surface area (Å²) in [4.78, 5) is 0. The van der Waals surface area contributed by atoms with E-state index in [1.807, 2.05) is 5.10 Å². The molecule has 0 bridgehead atoms. The minimum absolute atomic E-state index is 0.0465. The highest BCUT2D eigenvalue weighted by molar-refractivity contribution is 6.07. The first-order valence-electron chi connectivity index (χ1n) is 5.37. The lowest BCUT2D eigenvalue weighted by atomic mass is 9.92. The van der Waals surface area contributed by atoms with Gasteiger partial charge in [0.05, 0.1) is 17.6 Å². The Hall–Kier alpha value is -1.70. The van der Waals surface area contributed by atoms with Gasteiger partial charge >= 0.3 is 6.18 Å². The van der Waals surface area contributed by atoms with E-state index in [1.165, 1.54) is 0 Å². The van der Waals surface area contributed by atoms with Crippen LogP contribution in [0.1, 0.15) is 24.6 Å². The van der Waals surface area contributed by atoms with Crippen LogP contribution in [0.4, 0.5) is 13.2 Å². The van der Waals surface area contributed by atoms with Crippen LogP contribution in [0.5, 0.6) is 0 Å². The fourth-order valence-corrected chi connectivity index (χ4v) is 1.85. The molecule has 18 heavy (non-hydrogen) atoms. The summed E-state index contributed by atoms with van der Waals surface area (Å²) < 4.78 is 38.2. The van der Waals surface area contributed by atoms with E-state index >= 15 is 0 Å². The molecule has 1 aromatic rings. The van der Waals surface area contributed by atoms with Gasteiger partial charge in [-0.3, -0.25) is 5.10 Å². The summed E-state index contributed by atoms with van der Waals surface area (Å²) in [5, 5.41) is 13.1. The lowest BCUT2D eigenvalue weighted by Crippen LogP contribution is -2.26. The summed E-state index contributed by atoms with van der Waals surface area (Å²) in [7, 11) is 0. The van der Waals surface area contributed by atoms with Crippen LogP contribution in [-0.2, 0) is 6.18 Å². The number of hydrogen-bond acceptors (Lipinski definition) is 4. The van der Waals surface area contributed by atoms with Crippen molar-refractivity contribution >= 4 is 11.4 Å². The molecule has 1 unspecified atom stereocenters. The Morgan fingerprint density at radius 3 is 2.72 bits per heavy atom. The van der Waals surface area contributed by atoms with Crippen LogP contribution in [0, 0.1) is 5.92 Å². The Morgan fingerprint density at radius 2 is 2.17 bits per heavy atom. The van der Waals surface area contributed by atoms with E-state index in [-0.39, 0.29) is 23.7 Å². The second-order valence-electron chi connectivity index (χ2n) is 4.12. The zero-order valence-corrected chi connectivity index (χ0v) is 9.62. The average Bonchev–Trinajstić information content (AvgIpc) is 2.77. The van der Waals surface area contributed by atoms with Crippen LogP contribution in [0.3, 0.4) is 0 Å². The van der Waals surface area contributed by atoms with Gasteiger partial charge < -0.3 is 5.73 Å². The maximum absolute atomic E-state index is 12.7. The van der Waals surface area contributed by atoms with Crippen LogP contribution < -0.4 is 5.73 Å². The minimum atomic E-state index is -4.48. The molecule has 2 heterocycles. The largest absolute Gasteiger partial charge is 0.433 e. The molecule has 1 aliphatic rings. The number of aromatic nitrogens is 2. The number of aromatic amines is 1. The minimum Gasteiger partial charge on any atom is -0.325 e. The van der Waals surface area contributed by atoms with E-state index in [9.17, 15) is 13.2 Å². The number of alkyl halides is 3. The van der Waals surface area contributed by atoms with Gasteiger partial charge in [0.2, 0.25) is 0 Å². The Balaban J connectivity index is 2.41. The Kier molecular flexibility index (Phi) is 3.20. The molecule has 2 rings (SSSR count). The van der Waals surface area contributed by atoms with E-state index in [2.05, 4.69) is 15.3 Å². The van der Waals surface area contributed by atoms with Crippen LogP contribution in [0.15, 0.2) is 16.4 Å². The highest BCUT2D eigenvalue weighted by Gasteiger charge is 2.38. The fraction of sp³-hybridized carbons (Fsp3) is 0.500. The van der Waals surface area contributed by atoms with Gasteiger partial charge in [0.25, 0.3) is 0 Å². The predicted octanol–water partition coefficient (Wildman–Crippen LogP) is 1.57. The number of nitrogens with two attached hydrogens (primary N) is 1. The van der Waals surface area contributed by atoms with Crippen molar-refractivity contribution in [1.29, 1.82) is 0 Å². The molecule has 0 saturated heterocycles.